The van der Waals surface area contributed by atoms with Crippen molar-refractivity contribution in [2.45, 2.75) is 22.8 Å². The number of nitrogens with zero attached hydrogens (tertiary/aromatic N) is 1. The van der Waals surface area contributed by atoms with Gasteiger partial charge in [-0.3, -0.25) is 9.82 Å². The molecule has 0 spiro atoms. The Bertz CT molecular complexity index is 561. The van der Waals surface area contributed by atoms with Crippen molar-refractivity contribution in [2.75, 3.05) is 4.72 Å². The molecule has 5 nitrogen and oxygen atoms in total. The molecule has 0 bridgehead atoms. The van der Waals surface area contributed by atoms with Gasteiger partial charge in [0.2, 0.25) is 0 Å². The Morgan fingerprint density at radius 1 is 1.21 bits per heavy atom. The topological polar surface area (TPSA) is 74.8 Å². The predicted molar refractivity (Wildman–Crippen MR) is 53.8 cm³/mol. The van der Waals surface area contributed by atoms with Gasteiger partial charge in [-0.25, -0.2) is 0 Å². The number of alkyl halides is 6. The second-order valence-corrected chi connectivity index (χ2v) is 5.87. The summed E-state index contributed by atoms with van der Waals surface area (Å²) >= 11 is -0.776. The molecule has 1 aromatic heterocycles. The summed E-state index contributed by atoms with van der Waals surface area (Å²) in [6, 6.07) is 0. The maximum atomic E-state index is 12.2. The highest BCUT2D eigenvalue weighted by Gasteiger charge is 2.47. The standard InChI is InChI=1S/C6H5F6N3O2S2/c1-2-3(18-5(7,8)9)4(14-13-2)15-19(16,17)6(10,11)12/h1H3,(H2,13,14,15). The summed E-state index contributed by atoms with van der Waals surface area (Å²) in [6.45, 7) is 1.10. The van der Waals surface area contributed by atoms with E-state index in [-0.39, 0.29) is 5.69 Å². The number of aryl methyl sites for hydroxylation is 1. The lowest BCUT2D eigenvalue weighted by Crippen LogP contribution is -2.30. The minimum atomic E-state index is -5.83. The molecule has 1 rings (SSSR count). The van der Waals surface area contributed by atoms with E-state index >= 15 is 0 Å². The lowest BCUT2D eigenvalue weighted by Gasteiger charge is -2.10. The van der Waals surface area contributed by atoms with Crippen molar-refractivity contribution < 1.29 is 34.8 Å². The van der Waals surface area contributed by atoms with Crippen molar-refractivity contribution in [3.05, 3.63) is 5.69 Å². The number of hydrogen-bond acceptors (Lipinski definition) is 4. The van der Waals surface area contributed by atoms with Crippen molar-refractivity contribution in [3.63, 3.8) is 0 Å². The smallest absolute Gasteiger partial charge is 0.280 e. The summed E-state index contributed by atoms with van der Waals surface area (Å²) in [7, 11) is -5.83. The molecule has 19 heavy (non-hydrogen) atoms. The fourth-order valence-electron chi connectivity index (χ4n) is 0.914. The van der Waals surface area contributed by atoms with Crippen molar-refractivity contribution in [2.24, 2.45) is 0 Å². The van der Waals surface area contributed by atoms with Crippen LogP contribution in [0.15, 0.2) is 4.90 Å². The van der Waals surface area contributed by atoms with Crippen molar-refractivity contribution >= 4 is 27.6 Å². The summed E-state index contributed by atoms with van der Waals surface area (Å²) in [5, 5.41) is 5.03. The van der Waals surface area contributed by atoms with E-state index in [9.17, 15) is 34.8 Å². The molecular weight excluding hydrogens is 324 g/mol. The first-order valence-corrected chi connectivity index (χ1v) is 6.53. The van der Waals surface area contributed by atoms with E-state index in [1.54, 1.807) is 0 Å². The van der Waals surface area contributed by atoms with Crippen LogP contribution in [0, 0.1) is 6.92 Å². The Labute approximate surface area is 106 Å². The second-order valence-electron chi connectivity index (χ2n) is 3.13. The monoisotopic (exact) mass is 329 g/mol. The number of rotatable bonds is 3. The maximum absolute atomic E-state index is 12.2. The molecule has 110 valence electrons. The molecule has 13 heteroatoms. The van der Waals surface area contributed by atoms with E-state index in [0.717, 1.165) is 11.6 Å². The van der Waals surface area contributed by atoms with Crippen molar-refractivity contribution in [3.8, 4) is 0 Å². The van der Waals surface area contributed by atoms with Gasteiger partial charge in [-0.15, -0.1) is 0 Å². The van der Waals surface area contributed by atoms with Crippen LogP contribution >= 0.6 is 11.8 Å². The van der Waals surface area contributed by atoms with Gasteiger partial charge in [-0.05, 0) is 18.7 Å². The Hall–Kier alpha value is -1.11. The highest BCUT2D eigenvalue weighted by molar-refractivity contribution is 8.00. The van der Waals surface area contributed by atoms with Gasteiger partial charge in [0, 0.05) is 5.69 Å². The molecule has 0 amide bonds. The van der Waals surface area contributed by atoms with Crippen LogP contribution in [0.3, 0.4) is 0 Å². The molecule has 0 radical (unpaired) electrons. The van der Waals surface area contributed by atoms with Gasteiger partial charge in [0.15, 0.2) is 5.82 Å². The van der Waals surface area contributed by atoms with Gasteiger partial charge in [0.05, 0.1) is 4.90 Å². The molecule has 1 heterocycles. The number of sulfonamides is 1. The van der Waals surface area contributed by atoms with Crippen LogP contribution in [0.25, 0.3) is 0 Å². The number of halogens is 6. The van der Waals surface area contributed by atoms with E-state index in [1.165, 1.54) is 0 Å². The van der Waals surface area contributed by atoms with Gasteiger partial charge >= 0.3 is 21.0 Å². The molecule has 1 aromatic rings. The van der Waals surface area contributed by atoms with Crippen molar-refractivity contribution in [1.82, 2.24) is 10.2 Å². The van der Waals surface area contributed by atoms with Crippen LogP contribution in [0.2, 0.25) is 0 Å². The van der Waals surface area contributed by atoms with Crippen LogP contribution in [-0.4, -0.2) is 29.6 Å². The Morgan fingerprint density at radius 3 is 2.16 bits per heavy atom. The van der Waals surface area contributed by atoms with Gasteiger partial charge < -0.3 is 0 Å². The van der Waals surface area contributed by atoms with E-state index < -0.39 is 43.5 Å². The lowest BCUT2D eigenvalue weighted by atomic mass is 10.5. The Balaban J connectivity index is 3.11. The third-order valence-corrected chi connectivity index (χ3v) is 3.65. The quantitative estimate of drug-likeness (QED) is 0.660. The molecule has 0 atom stereocenters. The van der Waals surface area contributed by atoms with Crippen molar-refractivity contribution in [1.29, 1.82) is 0 Å². The zero-order chi connectivity index (χ0) is 15.1. The van der Waals surface area contributed by atoms with Crippen LogP contribution in [-0.2, 0) is 10.0 Å². The first-order valence-electron chi connectivity index (χ1n) is 4.23. The van der Waals surface area contributed by atoms with E-state index in [2.05, 4.69) is 5.10 Å². The Morgan fingerprint density at radius 2 is 1.74 bits per heavy atom. The highest BCUT2D eigenvalue weighted by Crippen LogP contribution is 2.42. The SMILES string of the molecule is Cc1[nH]nc(NS(=O)(=O)C(F)(F)F)c1SC(F)(F)F. The number of hydrogen-bond donors (Lipinski definition) is 2. The molecule has 0 unspecified atom stereocenters. The number of aromatic amines is 1. The van der Waals surface area contributed by atoms with Crippen LogP contribution in [0.4, 0.5) is 32.2 Å². The van der Waals surface area contributed by atoms with Gasteiger partial charge in [-0.2, -0.15) is 39.9 Å². The number of aromatic nitrogens is 2. The number of nitrogens with one attached hydrogen (secondary N) is 2. The number of anilines is 1. The first-order chi connectivity index (χ1) is 8.33. The third-order valence-electron chi connectivity index (χ3n) is 1.64. The molecular formula is C6H5F6N3O2S2. The molecule has 0 fully saturated rings. The molecule has 0 aromatic carbocycles. The molecule has 0 saturated carbocycles. The zero-order valence-electron chi connectivity index (χ0n) is 8.85. The molecule has 0 aliphatic heterocycles. The van der Waals surface area contributed by atoms with Crippen LogP contribution < -0.4 is 4.72 Å². The molecule has 0 aliphatic carbocycles. The number of thioether (sulfide) groups is 1. The summed E-state index contributed by atoms with van der Waals surface area (Å²) in [5.41, 5.74) is -10.7. The average Bonchev–Trinajstić information content (AvgIpc) is 2.45. The fraction of sp³-hybridized carbons (Fsp3) is 0.500. The first kappa shape index (κ1) is 15.9. The van der Waals surface area contributed by atoms with Gasteiger partial charge in [0.1, 0.15) is 0 Å². The summed E-state index contributed by atoms with van der Waals surface area (Å²) in [6.07, 6.45) is 0. The summed E-state index contributed by atoms with van der Waals surface area (Å²) < 4.78 is 95.2. The van der Waals surface area contributed by atoms with E-state index in [1.807, 2.05) is 5.10 Å². The predicted octanol–water partition coefficient (Wildman–Crippen LogP) is 2.59. The maximum Gasteiger partial charge on any atom is 0.516 e. The average molecular weight is 329 g/mol. The second kappa shape index (κ2) is 4.77. The third kappa shape index (κ3) is 3.92. The van der Waals surface area contributed by atoms with Crippen LogP contribution in [0.5, 0.6) is 0 Å². The van der Waals surface area contributed by atoms with E-state index in [0.29, 0.717) is 0 Å². The number of H-pyrrole nitrogens is 1. The van der Waals surface area contributed by atoms with Crippen LogP contribution in [0.1, 0.15) is 5.69 Å². The highest BCUT2D eigenvalue weighted by atomic mass is 32.2. The van der Waals surface area contributed by atoms with E-state index in [4.69, 9.17) is 0 Å². The fourth-order valence-corrected chi connectivity index (χ4v) is 2.12. The molecule has 0 saturated heterocycles. The Kier molecular flexibility index (Phi) is 4.01. The zero-order valence-corrected chi connectivity index (χ0v) is 10.5. The van der Waals surface area contributed by atoms with Gasteiger partial charge in [-0.1, -0.05) is 0 Å². The summed E-state index contributed by atoms with van der Waals surface area (Å²) in [4.78, 5) is -0.777. The lowest BCUT2D eigenvalue weighted by molar-refractivity contribution is -0.0429. The minimum Gasteiger partial charge on any atom is -0.280 e. The largest absolute Gasteiger partial charge is 0.516 e. The normalized spacial score (nSPS) is 13.6. The minimum absolute atomic E-state index is 0.220. The van der Waals surface area contributed by atoms with Gasteiger partial charge in [0.25, 0.3) is 0 Å². The molecule has 0 aliphatic rings. The molecule has 2 N–H and O–H groups in total. The summed E-state index contributed by atoms with van der Waals surface area (Å²) in [5.74, 6) is -1.06.